The van der Waals surface area contributed by atoms with Gasteiger partial charge in [0.2, 0.25) is 5.91 Å². The topological polar surface area (TPSA) is 67.4 Å². The monoisotopic (exact) mass is 253 g/mol. The van der Waals surface area contributed by atoms with Crippen LogP contribution in [0.25, 0.3) is 0 Å². The molecule has 18 heavy (non-hydrogen) atoms. The van der Waals surface area contributed by atoms with Gasteiger partial charge in [0.15, 0.2) is 0 Å². The van der Waals surface area contributed by atoms with Gasteiger partial charge in [0.1, 0.15) is 0 Å². The lowest BCUT2D eigenvalue weighted by molar-refractivity contribution is -0.131. The number of hydrogen-bond donors (Lipinski definition) is 1. The van der Waals surface area contributed by atoms with Gasteiger partial charge in [-0.2, -0.15) is 5.10 Å². The van der Waals surface area contributed by atoms with Crippen molar-refractivity contribution in [2.75, 3.05) is 39.0 Å². The molecule has 0 bridgehead atoms. The molecule has 1 aromatic heterocycles. The second kappa shape index (κ2) is 7.00. The maximum absolute atomic E-state index is 11.9. The number of nitrogens with two attached hydrogens (primary N) is 1. The zero-order valence-electron chi connectivity index (χ0n) is 11.5. The van der Waals surface area contributed by atoms with E-state index in [0.717, 1.165) is 26.2 Å². The quantitative estimate of drug-likeness (QED) is 0.757. The third-order valence-corrected chi connectivity index (χ3v) is 2.89. The molecule has 2 N–H and O–H groups in total. The Kier molecular flexibility index (Phi) is 5.64. The van der Waals surface area contributed by atoms with Gasteiger partial charge in [0, 0.05) is 25.8 Å². The summed E-state index contributed by atoms with van der Waals surface area (Å²) in [4.78, 5) is 15.7. The van der Waals surface area contributed by atoms with Crippen LogP contribution in [0, 0.1) is 0 Å². The number of anilines is 1. The van der Waals surface area contributed by atoms with Gasteiger partial charge in [-0.3, -0.25) is 14.4 Å². The molecule has 102 valence electrons. The SMILES string of the molecule is CCN(CC)C(=O)CN(C)CCn1cc(N)cn1. The Balaban J connectivity index is 2.33. The van der Waals surface area contributed by atoms with E-state index in [-0.39, 0.29) is 5.91 Å². The third kappa shape index (κ3) is 4.37. The Morgan fingerprint density at radius 3 is 2.61 bits per heavy atom. The minimum atomic E-state index is 0.169. The first-order valence-corrected chi connectivity index (χ1v) is 6.31. The molecule has 0 saturated heterocycles. The van der Waals surface area contributed by atoms with E-state index in [2.05, 4.69) is 5.10 Å². The molecule has 1 aromatic rings. The predicted molar refractivity (Wildman–Crippen MR) is 72.1 cm³/mol. The number of nitrogens with zero attached hydrogens (tertiary/aromatic N) is 4. The maximum atomic E-state index is 11.9. The van der Waals surface area contributed by atoms with Crippen LogP contribution in [0.5, 0.6) is 0 Å². The predicted octanol–water partition coefficient (Wildman–Crippen LogP) is 0.266. The van der Waals surface area contributed by atoms with Gasteiger partial charge in [-0.15, -0.1) is 0 Å². The van der Waals surface area contributed by atoms with E-state index in [0.29, 0.717) is 12.2 Å². The number of carbonyl (C=O) groups is 1. The van der Waals surface area contributed by atoms with Crippen molar-refractivity contribution < 1.29 is 4.79 Å². The van der Waals surface area contributed by atoms with E-state index < -0.39 is 0 Å². The lowest BCUT2D eigenvalue weighted by atomic mass is 10.4. The number of likely N-dealkylation sites (N-methyl/N-ethyl adjacent to an activating group) is 2. The van der Waals surface area contributed by atoms with Crippen LogP contribution in [0.1, 0.15) is 13.8 Å². The van der Waals surface area contributed by atoms with Crippen LogP contribution in [0.4, 0.5) is 5.69 Å². The normalized spacial score (nSPS) is 10.9. The average Bonchev–Trinajstić information content (AvgIpc) is 2.74. The molecular formula is C12H23N5O. The largest absolute Gasteiger partial charge is 0.396 e. The van der Waals surface area contributed by atoms with E-state index >= 15 is 0 Å². The molecule has 0 atom stereocenters. The summed E-state index contributed by atoms with van der Waals surface area (Å²) >= 11 is 0. The van der Waals surface area contributed by atoms with Crippen molar-refractivity contribution in [3.63, 3.8) is 0 Å². The van der Waals surface area contributed by atoms with E-state index in [1.165, 1.54) is 0 Å². The fourth-order valence-electron chi connectivity index (χ4n) is 1.76. The summed E-state index contributed by atoms with van der Waals surface area (Å²) in [5.41, 5.74) is 6.25. The molecule has 0 aromatic carbocycles. The van der Waals surface area contributed by atoms with Crippen molar-refractivity contribution in [3.05, 3.63) is 12.4 Å². The molecule has 1 rings (SSSR count). The average molecular weight is 253 g/mol. The number of rotatable bonds is 7. The molecule has 0 aliphatic carbocycles. The Bertz CT molecular complexity index is 372. The van der Waals surface area contributed by atoms with Crippen LogP contribution >= 0.6 is 0 Å². The highest BCUT2D eigenvalue weighted by atomic mass is 16.2. The van der Waals surface area contributed by atoms with Crippen LogP contribution < -0.4 is 5.73 Å². The summed E-state index contributed by atoms with van der Waals surface area (Å²) in [7, 11) is 1.94. The number of aromatic nitrogens is 2. The molecule has 0 saturated carbocycles. The molecule has 1 amide bonds. The smallest absolute Gasteiger partial charge is 0.236 e. The van der Waals surface area contributed by atoms with Crippen molar-refractivity contribution in [3.8, 4) is 0 Å². The van der Waals surface area contributed by atoms with Gasteiger partial charge in [-0.25, -0.2) is 0 Å². The Hall–Kier alpha value is -1.56. The maximum Gasteiger partial charge on any atom is 0.236 e. The summed E-state index contributed by atoms with van der Waals surface area (Å²) in [6, 6.07) is 0. The summed E-state index contributed by atoms with van der Waals surface area (Å²) in [5, 5.41) is 4.10. The Labute approximate surface area is 108 Å². The minimum Gasteiger partial charge on any atom is -0.396 e. The molecule has 0 fully saturated rings. The van der Waals surface area contributed by atoms with Crippen LogP contribution in [0.2, 0.25) is 0 Å². The van der Waals surface area contributed by atoms with Crippen molar-refractivity contribution in [2.45, 2.75) is 20.4 Å². The van der Waals surface area contributed by atoms with Gasteiger partial charge in [0.25, 0.3) is 0 Å². The number of amides is 1. The van der Waals surface area contributed by atoms with Crippen LogP contribution in [-0.4, -0.2) is 58.7 Å². The molecule has 6 heteroatoms. The summed E-state index contributed by atoms with van der Waals surface area (Å²) in [6.07, 6.45) is 3.42. The van der Waals surface area contributed by atoms with E-state index in [1.54, 1.807) is 17.1 Å². The van der Waals surface area contributed by atoms with Crippen molar-refractivity contribution in [1.82, 2.24) is 19.6 Å². The van der Waals surface area contributed by atoms with Gasteiger partial charge in [-0.05, 0) is 20.9 Å². The standard InChI is InChI=1S/C12H23N5O/c1-4-16(5-2)12(18)10-15(3)6-7-17-9-11(13)8-14-17/h8-9H,4-7,10,13H2,1-3H3. The van der Waals surface area contributed by atoms with Crippen LogP contribution in [-0.2, 0) is 11.3 Å². The van der Waals surface area contributed by atoms with Crippen LogP contribution in [0.3, 0.4) is 0 Å². The Morgan fingerprint density at radius 2 is 2.11 bits per heavy atom. The first-order valence-electron chi connectivity index (χ1n) is 6.31. The van der Waals surface area contributed by atoms with E-state index in [9.17, 15) is 4.79 Å². The van der Waals surface area contributed by atoms with Crippen molar-refractivity contribution >= 4 is 11.6 Å². The Morgan fingerprint density at radius 1 is 1.44 bits per heavy atom. The minimum absolute atomic E-state index is 0.169. The highest BCUT2D eigenvalue weighted by Gasteiger charge is 2.12. The fraction of sp³-hybridized carbons (Fsp3) is 0.667. The molecular weight excluding hydrogens is 230 g/mol. The molecule has 0 aliphatic heterocycles. The number of nitrogen functional groups attached to an aromatic ring is 1. The first kappa shape index (κ1) is 14.5. The highest BCUT2D eigenvalue weighted by molar-refractivity contribution is 5.78. The first-order chi connectivity index (χ1) is 8.56. The van der Waals surface area contributed by atoms with Crippen molar-refractivity contribution in [2.24, 2.45) is 0 Å². The van der Waals surface area contributed by atoms with Gasteiger partial charge < -0.3 is 10.6 Å². The van der Waals surface area contributed by atoms with Crippen LogP contribution in [0.15, 0.2) is 12.4 Å². The molecule has 0 aliphatic rings. The summed E-state index contributed by atoms with van der Waals surface area (Å²) in [5.74, 6) is 0.169. The van der Waals surface area contributed by atoms with Gasteiger partial charge in [0.05, 0.1) is 25.0 Å². The third-order valence-electron chi connectivity index (χ3n) is 2.89. The summed E-state index contributed by atoms with van der Waals surface area (Å²) in [6.45, 7) is 7.46. The van der Waals surface area contributed by atoms with E-state index in [1.807, 2.05) is 30.7 Å². The zero-order chi connectivity index (χ0) is 13.5. The fourth-order valence-corrected chi connectivity index (χ4v) is 1.76. The second-order valence-corrected chi connectivity index (χ2v) is 4.34. The molecule has 0 spiro atoms. The number of hydrogen-bond acceptors (Lipinski definition) is 4. The lowest BCUT2D eigenvalue weighted by Crippen LogP contribution is -2.39. The van der Waals surface area contributed by atoms with Crippen molar-refractivity contribution in [1.29, 1.82) is 0 Å². The second-order valence-electron chi connectivity index (χ2n) is 4.34. The molecule has 0 radical (unpaired) electrons. The van der Waals surface area contributed by atoms with E-state index in [4.69, 9.17) is 5.73 Å². The van der Waals surface area contributed by atoms with Gasteiger partial charge in [-0.1, -0.05) is 0 Å². The summed E-state index contributed by atoms with van der Waals surface area (Å²) < 4.78 is 1.79. The van der Waals surface area contributed by atoms with Gasteiger partial charge >= 0.3 is 0 Å². The zero-order valence-corrected chi connectivity index (χ0v) is 11.5. The molecule has 6 nitrogen and oxygen atoms in total. The number of carbonyl (C=O) groups excluding carboxylic acids is 1. The molecule has 0 unspecified atom stereocenters. The molecule has 1 heterocycles. The lowest BCUT2D eigenvalue weighted by Gasteiger charge is -2.22. The highest BCUT2D eigenvalue weighted by Crippen LogP contribution is 1.98.